The van der Waals surface area contributed by atoms with Crippen LogP contribution in [0.2, 0.25) is 0 Å². The number of hydrogen-bond acceptors (Lipinski definition) is 3. The largest absolute Gasteiger partial charge is 0.395 e. The summed E-state index contributed by atoms with van der Waals surface area (Å²) >= 11 is 0. The molecule has 1 unspecified atom stereocenters. The van der Waals surface area contributed by atoms with Crippen LogP contribution in [0.4, 0.5) is 0 Å². The zero-order valence-corrected chi connectivity index (χ0v) is 6.55. The first-order valence-corrected chi connectivity index (χ1v) is 3.75. The zero-order valence-electron chi connectivity index (χ0n) is 6.55. The molecule has 0 aromatic carbocycles. The Morgan fingerprint density at radius 3 is 2.80 bits per heavy atom. The lowest BCUT2D eigenvalue weighted by Crippen LogP contribution is -2.30. The number of rotatable bonds is 6. The van der Waals surface area contributed by atoms with Gasteiger partial charge in [0.25, 0.3) is 0 Å². The van der Waals surface area contributed by atoms with Crippen molar-refractivity contribution in [2.75, 3.05) is 19.8 Å². The van der Waals surface area contributed by atoms with E-state index in [4.69, 9.17) is 15.6 Å². The van der Waals surface area contributed by atoms with Crippen LogP contribution in [-0.4, -0.2) is 31.0 Å². The summed E-state index contributed by atoms with van der Waals surface area (Å²) in [4.78, 5) is 0. The van der Waals surface area contributed by atoms with Gasteiger partial charge in [-0.05, 0) is 6.42 Å². The fourth-order valence-corrected chi connectivity index (χ4v) is 0.534. The summed E-state index contributed by atoms with van der Waals surface area (Å²) in [5.41, 5.74) is 5.38. The van der Waals surface area contributed by atoms with Crippen LogP contribution in [0.1, 0.15) is 19.8 Å². The molecule has 0 aromatic rings. The van der Waals surface area contributed by atoms with Crippen LogP contribution in [0.5, 0.6) is 0 Å². The van der Waals surface area contributed by atoms with Gasteiger partial charge in [-0.15, -0.1) is 0 Å². The van der Waals surface area contributed by atoms with Gasteiger partial charge in [0.05, 0.1) is 19.3 Å². The lowest BCUT2D eigenvalue weighted by atomic mass is 10.3. The molecular formula is C7H17NO2. The van der Waals surface area contributed by atoms with E-state index in [-0.39, 0.29) is 12.6 Å². The van der Waals surface area contributed by atoms with Gasteiger partial charge in [0.15, 0.2) is 0 Å². The topological polar surface area (TPSA) is 55.5 Å². The summed E-state index contributed by atoms with van der Waals surface area (Å²) in [6, 6.07) is -0.211. The highest BCUT2D eigenvalue weighted by Gasteiger charge is 1.97. The number of aliphatic hydroxyl groups excluding tert-OH is 1. The normalized spacial score (nSPS) is 13.5. The van der Waals surface area contributed by atoms with Crippen molar-refractivity contribution in [1.29, 1.82) is 0 Å². The second kappa shape index (κ2) is 6.99. The molecule has 0 rings (SSSR count). The van der Waals surface area contributed by atoms with Crippen molar-refractivity contribution in [3.8, 4) is 0 Å². The van der Waals surface area contributed by atoms with Gasteiger partial charge in [0.2, 0.25) is 0 Å². The fraction of sp³-hybridized carbons (Fsp3) is 1.00. The molecule has 0 saturated carbocycles. The fourth-order valence-electron chi connectivity index (χ4n) is 0.534. The maximum absolute atomic E-state index is 8.49. The Bertz CT molecular complexity index is 68.6. The van der Waals surface area contributed by atoms with Crippen molar-refractivity contribution in [3.05, 3.63) is 0 Å². The maximum atomic E-state index is 8.49. The SMILES string of the molecule is CCCCOCC(N)CO. The summed E-state index contributed by atoms with van der Waals surface area (Å²) in [7, 11) is 0. The number of nitrogens with two attached hydrogens (primary N) is 1. The summed E-state index contributed by atoms with van der Waals surface area (Å²) in [6.07, 6.45) is 2.20. The molecule has 0 aromatic heterocycles. The van der Waals surface area contributed by atoms with E-state index < -0.39 is 0 Å². The second-order valence-corrected chi connectivity index (χ2v) is 2.37. The quantitative estimate of drug-likeness (QED) is 0.525. The van der Waals surface area contributed by atoms with Crippen LogP contribution in [0, 0.1) is 0 Å². The highest BCUT2D eigenvalue weighted by atomic mass is 16.5. The molecule has 10 heavy (non-hydrogen) atoms. The minimum absolute atomic E-state index is 0.00608. The average Bonchev–Trinajstić information content (AvgIpc) is 1.98. The molecule has 0 aliphatic heterocycles. The summed E-state index contributed by atoms with van der Waals surface area (Å²) in [5.74, 6) is 0. The molecule has 1 atom stereocenters. The highest BCUT2D eigenvalue weighted by molar-refractivity contribution is 4.55. The van der Waals surface area contributed by atoms with Crippen molar-refractivity contribution in [1.82, 2.24) is 0 Å². The highest BCUT2D eigenvalue weighted by Crippen LogP contribution is 1.88. The standard InChI is InChI=1S/C7H17NO2/c1-2-3-4-10-6-7(8)5-9/h7,9H,2-6,8H2,1H3. The van der Waals surface area contributed by atoms with Gasteiger partial charge < -0.3 is 15.6 Å². The third kappa shape index (κ3) is 6.01. The van der Waals surface area contributed by atoms with Crippen LogP contribution < -0.4 is 5.73 Å². The van der Waals surface area contributed by atoms with Crippen LogP contribution in [-0.2, 0) is 4.74 Å². The van der Waals surface area contributed by atoms with E-state index in [0.717, 1.165) is 19.4 Å². The van der Waals surface area contributed by atoms with Gasteiger partial charge in [0, 0.05) is 6.61 Å². The van der Waals surface area contributed by atoms with Gasteiger partial charge in [-0.25, -0.2) is 0 Å². The Kier molecular flexibility index (Phi) is 6.91. The van der Waals surface area contributed by atoms with Gasteiger partial charge in [-0.2, -0.15) is 0 Å². The lowest BCUT2D eigenvalue weighted by Gasteiger charge is -2.07. The first kappa shape index (κ1) is 9.88. The van der Waals surface area contributed by atoms with E-state index in [1.165, 1.54) is 0 Å². The molecule has 0 amide bonds. The van der Waals surface area contributed by atoms with Crippen molar-refractivity contribution in [2.24, 2.45) is 5.73 Å². The van der Waals surface area contributed by atoms with Gasteiger partial charge >= 0.3 is 0 Å². The third-order valence-electron chi connectivity index (χ3n) is 1.21. The first-order chi connectivity index (χ1) is 4.81. The average molecular weight is 147 g/mol. The van der Waals surface area contributed by atoms with E-state index in [9.17, 15) is 0 Å². The molecule has 0 saturated heterocycles. The van der Waals surface area contributed by atoms with E-state index in [1.807, 2.05) is 0 Å². The molecule has 0 radical (unpaired) electrons. The predicted molar refractivity (Wildman–Crippen MR) is 40.8 cm³/mol. The smallest absolute Gasteiger partial charge is 0.0639 e. The van der Waals surface area contributed by atoms with E-state index in [1.54, 1.807) is 0 Å². The molecule has 0 fully saturated rings. The molecule has 0 spiro atoms. The number of hydrogen-bond donors (Lipinski definition) is 2. The minimum Gasteiger partial charge on any atom is -0.395 e. The van der Waals surface area contributed by atoms with E-state index in [2.05, 4.69) is 6.92 Å². The Hall–Kier alpha value is -0.120. The molecule has 0 aliphatic carbocycles. The maximum Gasteiger partial charge on any atom is 0.0639 e. The number of unbranched alkanes of at least 4 members (excludes halogenated alkanes) is 1. The van der Waals surface area contributed by atoms with Crippen LogP contribution in [0.3, 0.4) is 0 Å². The van der Waals surface area contributed by atoms with Crippen LogP contribution in [0.15, 0.2) is 0 Å². The Labute approximate surface area is 62.2 Å². The van der Waals surface area contributed by atoms with Crippen molar-refractivity contribution < 1.29 is 9.84 Å². The van der Waals surface area contributed by atoms with Crippen LogP contribution >= 0.6 is 0 Å². The van der Waals surface area contributed by atoms with Crippen LogP contribution in [0.25, 0.3) is 0 Å². The molecular weight excluding hydrogens is 130 g/mol. The molecule has 0 bridgehead atoms. The first-order valence-electron chi connectivity index (χ1n) is 3.75. The number of aliphatic hydroxyl groups is 1. The zero-order chi connectivity index (χ0) is 7.82. The molecule has 62 valence electrons. The van der Waals surface area contributed by atoms with Gasteiger partial charge in [-0.3, -0.25) is 0 Å². The lowest BCUT2D eigenvalue weighted by molar-refractivity contribution is 0.0990. The molecule has 3 nitrogen and oxygen atoms in total. The summed E-state index contributed by atoms with van der Waals surface area (Å²) in [5, 5.41) is 8.49. The van der Waals surface area contributed by atoms with E-state index >= 15 is 0 Å². The minimum atomic E-state index is -0.211. The Morgan fingerprint density at radius 1 is 1.60 bits per heavy atom. The summed E-state index contributed by atoms with van der Waals surface area (Å²) in [6.45, 7) is 3.34. The van der Waals surface area contributed by atoms with Gasteiger partial charge in [-0.1, -0.05) is 13.3 Å². The third-order valence-corrected chi connectivity index (χ3v) is 1.21. The molecule has 0 heterocycles. The molecule has 3 N–H and O–H groups in total. The van der Waals surface area contributed by atoms with Crippen molar-refractivity contribution in [2.45, 2.75) is 25.8 Å². The monoisotopic (exact) mass is 147 g/mol. The summed E-state index contributed by atoms with van der Waals surface area (Å²) < 4.78 is 5.14. The van der Waals surface area contributed by atoms with E-state index in [0.29, 0.717) is 6.61 Å². The second-order valence-electron chi connectivity index (χ2n) is 2.37. The van der Waals surface area contributed by atoms with Gasteiger partial charge in [0.1, 0.15) is 0 Å². The molecule has 3 heteroatoms. The number of ether oxygens (including phenoxy) is 1. The Balaban J connectivity index is 2.89. The van der Waals surface area contributed by atoms with Crippen molar-refractivity contribution >= 4 is 0 Å². The Morgan fingerprint density at radius 2 is 2.30 bits per heavy atom. The predicted octanol–water partition coefficient (Wildman–Crippen LogP) is 0.123. The molecule has 0 aliphatic rings. The van der Waals surface area contributed by atoms with Crippen molar-refractivity contribution in [3.63, 3.8) is 0 Å².